The third-order valence-corrected chi connectivity index (χ3v) is 6.17. The number of fused-ring (bicyclic) bond motifs is 1. The maximum Gasteiger partial charge on any atom is 0.249 e. The Labute approximate surface area is 176 Å². The van der Waals surface area contributed by atoms with Crippen molar-refractivity contribution in [3.63, 3.8) is 0 Å². The van der Waals surface area contributed by atoms with Crippen LogP contribution >= 0.6 is 11.6 Å². The fraction of sp³-hybridized carbons (Fsp3) is 0.524. The van der Waals surface area contributed by atoms with E-state index in [1.54, 1.807) is 27.4 Å². The minimum absolute atomic E-state index is 0.0501. The summed E-state index contributed by atoms with van der Waals surface area (Å²) in [4.78, 5) is 0. The smallest absolute Gasteiger partial charge is 0.249 e. The minimum atomic E-state index is -0.727. The van der Waals surface area contributed by atoms with Gasteiger partial charge in [-0.2, -0.15) is 0 Å². The fourth-order valence-electron chi connectivity index (χ4n) is 3.96. The Balaban J connectivity index is 1.81. The van der Waals surface area contributed by atoms with Crippen molar-refractivity contribution in [3.05, 3.63) is 34.4 Å². The molecule has 8 heteroatoms. The number of hydrogen-bond acceptors (Lipinski definition) is 7. The summed E-state index contributed by atoms with van der Waals surface area (Å²) < 4.78 is 37.0. The SMILES string of the molecule is [2H]C1C=C(OC)[C@]2(Cc3c(OC)cc(-c4nnc([C@H](C)OC)o4)c(Cl)c3O2)[C@H](C)C1. The Bertz CT molecular complexity index is 994. The molecule has 0 radical (unpaired) electrons. The summed E-state index contributed by atoms with van der Waals surface area (Å²) in [7, 11) is 4.77. The van der Waals surface area contributed by atoms with Crippen molar-refractivity contribution in [2.24, 2.45) is 5.92 Å². The van der Waals surface area contributed by atoms with Gasteiger partial charge in [-0.05, 0) is 31.9 Å². The van der Waals surface area contributed by atoms with E-state index in [0.29, 0.717) is 46.6 Å². The number of nitrogens with zero attached hydrogens (tertiary/aromatic N) is 2. The van der Waals surface area contributed by atoms with Gasteiger partial charge in [-0.1, -0.05) is 18.5 Å². The molecule has 1 spiro atoms. The first-order valence-electron chi connectivity index (χ1n) is 10.1. The highest BCUT2D eigenvalue weighted by molar-refractivity contribution is 6.35. The summed E-state index contributed by atoms with van der Waals surface area (Å²) in [5.74, 6) is 2.45. The monoisotopic (exact) mass is 421 g/mol. The van der Waals surface area contributed by atoms with E-state index in [1.807, 2.05) is 13.0 Å². The van der Waals surface area contributed by atoms with Crippen LogP contribution in [0.4, 0.5) is 0 Å². The predicted molar refractivity (Wildman–Crippen MR) is 107 cm³/mol. The highest BCUT2D eigenvalue weighted by atomic mass is 35.5. The summed E-state index contributed by atoms with van der Waals surface area (Å²) in [6.45, 7) is 3.88. The molecule has 4 atom stereocenters. The van der Waals surface area contributed by atoms with Crippen LogP contribution in [0.3, 0.4) is 0 Å². The lowest BCUT2D eigenvalue weighted by molar-refractivity contribution is 0.00900. The molecule has 1 aromatic carbocycles. The van der Waals surface area contributed by atoms with E-state index in [-0.39, 0.29) is 24.3 Å². The number of aromatic nitrogens is 2. The van der Waals surface area contributed by atoms with Crippen molar-refractivity contribution in [2.45, 2.75) is 44.8 Å². The molecule has 0 saturated heterocycles. The van der Waals surface area contributed by atoms with E-state index in [2.05, 4.69) is 17.1 Å². The summed E-state index contributed by atoms with van der Waals surface area (Å²) in [5.41, 5.74) is 0.653. The lowest BCUT2D eigenvalue weighted by Crippen LogP contribution is -2.45. The Morgan fingerprint density at radius 1 is 1.31 bits per heavy atom. The van der Waals surface area contributed by atoms with Gasteiger partial charge in [0.25, 0.3) is 0 Å². The van der Waals surface area contributed by atoms with Crippen LogP contribution in [-0.4, -0.2) is 37.1 Å². The Kier molecular flexibility index (Phi) is 4.87. The van der Waals surface area contributed by atoms with Crippen molar-refractivity contribution in [1.29, 1.82) is 0 Å². The van der Waals surface area contributed by atoms with Gasteiger partial charge < -0.3 is 23.4 Å². The number of rotatable bonds is 5. The van der Waals surface area contributed by atoms with Crippen LogP contribution in [-0.2, 0) is 15.9 Å². The number of hydrogen-bond donors (Lipinski definition) is 0. The summed E-state index contributed by atoms with van der Waals surface area (Å²) in [6, 6.07) is 1.79. The van der Waals surface area contributed by atoms with Crippen molar-refractivity contribution >= 4 is 11.6 Å². The minimum Gasteiger partial charge on any atom is -0.497 e. The highest BCUT2D eigenvalue weighted by Gasteiger charge is 2.51. The molecular weight excluding hydrogens is 396 g/mol. The maximum absolute atomic E-state index is 8.16. The Morgan fingerprint density at radius 3 is 2.79 bits per heavy atom. The first kappa shape index (κ1) is 18.8. The maximum atomic E-state index is 8.16. The first-order chi connectivity index (χ1) is 14.3. The molecule has 0 N–H and O–H groups in total. The van der Waals surface area contributed by atoms with Gasteiger partial charge in [0.2, 0.25) is 11.8 Å². The molecule has 1 unspecified atom stereocenters. The molecule has 4 rings (SSSR count). The molecule has 1 aliphatic carbocycles. The van der Waals surface area contributed by atoms with Gasteiger partial charge in [0.05, 0.1) is 24.8 Å². The Hall–Kier alpha value is -2.25. The number of methoxy groups -OCH3 is 3. The van der Waals surface area contributed by atoms with Gasteiger partial charge in [-0.25, -0.2) is 0 Å². The second-order valence-corrected chi connectivity index (χ2v) is 7.73. The molecule has 1 aromatic heterocycles. The third kappa shape index (κ3) is 3.07. The summed E-state index contributed by atoms with van der Waals surface area (Å²) >= 11 is 6.77. The van der Waals surface area contributed by atoms with Gasteiger partial charge in [0.15, 0.2) is 5.60 Å². The molecule has 0 saturated carbocycles. The first-order valence-corrected chi connectivity index (χ1v) is 9.85. The number of ether oxygens (including phenoxy) is 4. The van der Waals surface area contributed by atoms with Crippen LogP contribution in [0, 0.1) is 5.92 Å². The molecule has 29 heavy (non-hydrogen) atoms. The molecule has 2 aliphatic rings. The van der Waals surface area contributed by atoms with E-state index in [9.17, 15) is 0 Å². The molecule has 2 heterocycles. The molecule has 0 bridgehead atoms. The molecule has 0 amide bonds. The van der Waals surface area contributed by atoms with Crippen LogP contribution in [0.15, 0.2) is 22.3 Å². The summed E-state index contributed by atoms with van der Waals surface area (Å²) in [6.07, 6.45) is 2.34. The van der Waals surface area contributed by atoms with Crippen LogP contribution in [0.2, 0.25) is 5.02 Å². The third-order valence-electron chi connectivity index (χ3n) is 5.79. The van der Waals surface area contributed by atoms with Crippen molar-refractivity contribution in [3.8, 4) is 23.0 Å². The molecule has 1 aliphatic heterocycles. The van der Waals surface area contributed by atoms with E-state index in [1.165, 1.54) is 0 Å². The topological polar surface area (TPSA) is 75.8 Å². The van der Waals surface area contributed by atoms with Gasteiger partial charge in [0, 0.05) is 26.4 Å². The molecule has 2 aromatic rings. The lowest BCUT2D eigenvalue weighted by atomic mass is 9.77. The standard InChI is InChI=1S/C21H25ClN2O5/c1-11-7-6-8-16(27-5)21(11)10-14-15(26-4)9-13(17(22)18(14)29-21)20-24-23-19(28-20)12(2)25-3/h8-9,11-12H,6-7,10H2,1-5H3/t11-,12+,21+/m1/s1/i6D/t6?,11-,12+,21+. The fourth-order valence-corrected chi connectivity index (χ4v) is 4.24. The van der Waals surface area contributed by atoms with Crippen molar-refractivity contribution in [2.75, 3.05) is 21.3 Å². The number of benzene rings is 1. The van der Waals surface area contributed by atoms with Gasteiger partial charge in [0.1, 0.15) is 23.4 Å². The second kappa shape index (κ2) is 7.54. The van der Waals surface area contributed by atoms with E-state index in [4.69, 9.17) is 36.3 Å². The largest absolute Gasteiger partial charge is 0.497 e. The van der Waals surface area contributed by atoms with Crippen LogP contribution < -0.4 is 9.47 Å². The summed E-state index contributed by atoms with van der Waals surface area (Å²) in [5, 5.41) is 8.55. The molecule has 156 valence electrons. The molecule has 0 fully saturated rings. The molecule has 7 nitrogen and oxygen atoms in total. The normalized spacial score (nSPS) is 27.1. The van der Waals surface area contributed by atoms with Gasteiger partial charge in [-0.3, -0.25) is 0 Å². The van der Waals surface area contributed by atoms with E-state index >= 15 is 0 Å². The van der Waals surface area contributed by atoms with Crippen molar-refractivity contribution in [1.82, 2.24) is 10.2 Å². The van der Waals surface area contributed by atoms with Gasteiger partial charge in [-0.15, -0.1) is 10.2 Å². The van der Waals surface area contributed by atoms with E-state index in [0.717, 1.165) is 5.56 Å². The zero-order valence-electron chi connectivity index (χ0n) is 18.1. The molecular formula is C21H25ClN2O5. The van der Waals surface area contributed by atoms with Crippen LogP contribution in [0.1, 0.15) is 45.6 Å². The number of halogens is 1. The van der Waals surface area contributed by atoms with E-state index < -0.39 is 5.60 Å². The number of allylic oxidation sites excluding steroid dienone is 1. The second-order valence-electron chi connectivity index (χ2n) is 7.35. The average Bonchev–Trinajstić information content (AvgIpc) is 3.37. The predicted octanol–water partition coefficient (Wildman–Crippen LogP) is 4.74. The quantitative estimate of drug-likeness (QED) is 0.690. The Morgan fingerprint density at radius 2 is 2.10 bits per heavy atom. The lowest BCUT2D eigenvalue weighted by Gasteiger charge is -2.38. The van der Waals surface area contributed by atoms with Crippen molar-refractivity contribution < 1.29 is 24.7 Å². The average molecular weight is 422 g/mol. The highest BCUT2D eigenvalue weighted by Crippen LogP contribution is 2.54. The van der Waals surface area contributed by atoms with Crippen LogP contribution in [0.5, 0.6) is 11.5 Å². The van der Waals surface area contributed by atoms with Crippen LogP contribution in [0.25, 0.3) is 11.5 Å². The zero-order valence-corrected chi connectivity index (χ0v) is 17.9. The van der Waals surface area contributed by atoms with Gasteiger partial charge >= 0.3 is 0 Å². The zero-order chi connectivity index (χ0) is 21.6.